The van der Waals surface area contributed by atoms with E-state index in [4.69, 9.17) is 0 Å². The van der Waals surface area contributed by atoms with Gasteiger partial charge in [-0.1, -0.05) is 0 Å². The van der Waals surface area contributed by atoms with Gasteiger partial charge >= 0.3 is 212 Å². The predicted molar refractivity (Wildman–Crippen MR) is 141 cm³/mol. The average molecular weight is 542 g/mol. The van der Waals surface area contributed by atoms with Crippen LogP contribution < -0.4 is 24.8 Å². The molecular formula is C33H27Cl2Ti. The Balaban J connectivity index is 0.00000152. The molecule has 2 aliphatic rings. The van der Waals surface area contributed by atoms with Crippen molar-refractivity contribution >= 4 is 9.38 Å². The third-order valence-electron chi connectivity index (χ3n) is 7.06. The smallest absolute Gasteiger partial charge is 1.00 e. The van der Waals surface area contributed by atoms with Crippen molar-refractivity contribution in [1.82, 2.24) is 0 Å². The molecule has 0 amide bonds. The molecular weight excluding hydrogens is 515 g/mol. The zero-order chi connectivity index (χ0) is 23.1. The van der Waals surface area contributed by atoms with E-state index < -0.39 is 18.7 Å². The molecule has 3 heteroatoms. The topological polar surface area (TPSA) is 0 Å². The van der Waals surface area contributed by atoms with E-state index in [1.165, 1.54) is 53.9 Å². The molecule has 0 N–H and O–H groups in total. The minimum absolute atomic E-state index is 0. The molecule has 0 spiro atoms. The second-order valence-electron chi connectivity index (χ2n) is 9.32. The van der Waals surface area contributed by atoms with Crippen molar-refractivity contribution in [2.45, 2.75) is 24.5 Å². The minimum Gasteiger partial charge on any atom is -1.00 e. The monoisotopic (exact) mass is 541 g/mol. The van der Waals surface area contributed by atoms with Gasteiger partial charge in [0.1, 0.15) is 0 Å². The molecule has 0 aliphatic heterocycles. The minimum atomic E-state index is -0.553. The predicted octanol–water partition coefficient (Wildman–Crippen LogP) is 2.08. The average Bonchev–Trinajstić information content (AvgIpc) is 3.50. The summed E-state index contributed by atoms with van der Waals surface area (Å²) >= 11 is -0.553. The van der Waals surface area contributed by atoms with Gasteiger partial charge in [-0.05, 0) is 0 Å². The Morgan fingerprint density at radius 2 is 1.39 bits per heavy atom. The number of fused-ring (bicyclic) bond motifs is 3. The van der Waals surface area contributed by atoms with Crippen LogP contribution >= 0.6 is 0 Å². The van der Waals surface area contributed by atoms with Crippen LogP contribution in [0.15, 0.2) is 109 Å². The van der Waals surface area contributed by atoms with E-state index in [0.29, 0.717) is 4.22 Å². The summed E-state index contributed by atoms with van der Waals surface area (Å²) in [5, 5.41) is 0. The molecule has 36 heavy (non-hydrogen) atoms. The first kappa shape index (κ1) is 26.6. The van der Waals surface area contributed by atoms with Crippen molar-refractivity contribution in [3.8, 4) is 11.1 Å². The number of allylic oxidation sites excluding steroid dienone is 4. The zero-order valence-corrected chi connectivity index (χ0v) is 23.5. The second kappa shape index (κ2) is 11.3. The molecule has 0 radical (unpaired) electrons. The first-order chi connectivity index (χ1) is 16.7. The second-order valence-corrected chi connectivity index (χ2v) is 11.5. The third-order valence-corrected chi connectivity index (χ3v) is 9.80. The molecule has 0 bridgehead atoms. The Hall–Kier alpha value is -2.48. The Morgan fingerprint density at radius 3 is 2.00 bits per heavy atom. The van der Waals surface area contributed by atoms with E-state index in [0.717, 1.165) is 6.42 Å². The molecule has 4 aromatic carbocycles. The van der Waals surface area contributed by atoms with Gasteiger partial charge in [0, 0.05) is 0 Å². The quantitative estimate of drug-likeness (QED) is 0.347. The fraction of sp³-hybridized carbons (Fsp3) is 0.121. The molecule has 0 fully saturated rings. The van der Waals surface area contributed by atoms with Gasteiger partial charge in [-0.3, -0.25) is 0 Å². The number of rotatable bonds is 4. The first-order valence-electron chi connectivity index (χ1n) is 12.1. The fourth-order valence-electron chi connectivity index (χ4n) is 5.48. The van der Waals surface area contributed by atoms with E-state index in [2.05, 4.69) is 123 Å². The maximum atomic E-state index is 2.46. The van der Waals surface area contributed by atoms with Gasteiger partial charge in [0.15, 0.2) is 0 Å². The summed E-state index contributed by atoms with van der Waals surface area (Å²) in [5.41, 5.74) is 14.4. The number of halogens is 2. The van der Waals surface area contributed by atoms with Gasteiger partial charge in [0.25, 0.3) is 0 Å². The van der Waals surface area contributed by atoms with Gasteiger partial charge in [0.2, 0.25) is 0 Å². The van der Waals surface area contributed by atoms with Crippen LogP contribution in [0.2, 0.25) is 0 Å². The Labute approximate surface area is 235 Å². The van der Waals surface area contributed by atoms with Crippen LogP contribution in [0.4, 0.5) is 0 Å². The standard InChI is InChI=1S/C20H17.C13H10.2ClH.Ti/c1-13-7-9-17-16(11-13)12-19-18(17)10-8-14(2)20(19)15-5-3-4-6-15;1-3-7-12(8-4-1)11-13-9-5-2-6-10-13;;;/h3-5,7-12H,6H2,1-2H3;1-10H;2*1H;/q;;;;+2/p-2. The van der Waals surface area contributed by atoms with Crippen molar-refractivity contribution in [1.29, 1.82) is 0 Å². The zero-order valence-electron chi connectivity index (χ0n) is 20.4. The first-order valence-corrected chi connectivity index (χ1v) is 13.7. The summed E-state index contributed by atoms with van der Waals surface area (Å²) in [6.07, 6.45) is 7.87. The summed E-state index contributed by atoms with van der Waals surface area (Å²) < 4.78 is 1.99. The van der Waals surface area contributed by atoms with Crippen LogP contribution in [0.1, 0.15) is 49.6 Å². The summed E-state index contributed by atoms with van der Waals surface area (Å²) in [6, 6.07) is 33.9. The van der Waals surface area contributed by atoms with Crippen molar-refractivity contribution in [3.05, 3.63) is 148 Å². The summed E-state index contributed by atoms with van der Waals surface area (Å²) in [4.78, 5) is 0. The van der Waals surface area contributed by atoms with E-state index in [-0.39, 0.29) is 24.8 Å². The van der Waals surface area contributed by atoms with Crippen LogP contribution in [-0.2, 0) is 18.7 Å². The molecule has 177 valence electrons. The number of hydrogen-bond donors (Lipinski definition) is 0. The van der Waals surface area contributed by atoms with Crippen molar-refractivity contribution in [3.63, 3.8) is 0 Å². The van der Waals surface area contributed by atoms with Crippen LogP contribution in [0.3, 0.4) is 0 Å². The molecule has 1 unspecified atom stereocenters. The van der Waals surface area contributed by atoms with Crippen LogP contribution in [0.25, 0.3) is 16.7 Å². The normalized spacial score (nSPS) is 14.6. The molecule has 0 heterocycles. The fourth-order valence-corrected chi connectivity index (χ4v) is 8.28. The van der Waals surface area contributed by atoms with Crippen molar-refractivity contribution in [2.24, 2.45) is 0 Å². The molecule has 0 nitrogen and oxygen atoms in total. The molecule has 2 aliphatic carbocycles. The SMILES string of the molecule is Cc1ccc2c(c1)[CH]([Ti+2]=[C](c1ccccc1)c1ccccc1)c1c-2ccc(C)c1C1=CC=CC1.[Cl-].[Cl-]. The van der Waals surface area contributed by atoms with Crippen LogP contribution in [-0.4, -0.2) is 3.81 Å². The molecule has 0 aromatic heterocycles. The maximum Gasteiger partial charge on any atom is -1.00 e. The number of aryl methyl sites for hydroxylation is 2. The van der Waals surface area contributed by atoms with Crippen molar-refractivity contribution < 1.29 is 43.5 Å². The Kier molecular flexibility index (Phi) is 8.33. The third kappa shape index (κ3) is 4.76. The Morgan fingerprint density at radius 1 is 0.750 bits per heavy atom. The van der Waals surface area contributed by atoms with E-state index >= 15 is 0 Å². The van der Waals surface area contributed by atoms with Gasteiger partial charge in [-0.15, -0.1) is 0 Å². The molecule has 6 rings (SSSR count). The molecule has 0 saturated carbocycles. The van der Waals surface area contributed by atoms with Crippen LogP contribution in [0, 0.1) is 13.8 Å². The van der Waals surface area contributed by atoms with Gasteiger partial charge in [-0.2, -0.15) is 0 Å². The van der Waals surface area contributed by atoms with E-state index in [9.17, 15) is 0 Å². The molecule has 4 aromatic rings. The van der Waals surface area contributed by atoms with Crippen molar-refractivity contribution in [2.75, 3.05) is 0 Å². The summed E-state index contributed by atoms with van der Waals surface area (Å²) in [5.74, 6) is 0. The van der Waals surface area contributed by atoms with Gasteiger partial charge in [-0.25, -0.2) is 0 Å². The van der Waals surface area contributed by atoms with E-state index in [1.54, 1.807) is 5.56 Å². The van der Waals surface area contributed by atoms with E-state index in [1.807, 2.05) is 0 Å². The summed E-state index contributed by atoms with van der Waals surface area (Å²) in [6.45, 7) is 4.52. The van der Waals surface area contributed by atoms with Gasteiger partial charge in [0.05, 0.1) is 0 Å². The summed E-state index contributed by atoms with van der Waals surface area (Å²) in [7, 11) is 0. The molecule has 1 atom stereocenters. The number of hydrogen-bond acceptors (Lipinski definition) is 0. The number of benzene rings is 4. The maximum absolute atomic E-state index is 2.46. The van der Waals surface area contributed by atoms with Crippen LogP contribution in [0.5, 0.6) is 0 Å². The van der Waals surface area contributed by atoms with Gasteiger partial charge < -0.3 is 24.8 Å². The largest absolute Gasteiger partial charge is 1.00 e. The molecule has 0 saturated heterocycles. The Bertz CT molecular complexity index is 1440.